The molecule has 0 spiro atoms. The molecule has 0 saturated carbocycles. The summed E-state index contributed by atoms with van der Waals surface area (Å²) in [5, 5.41) is 8.08. The Labute approximate surface area is 105 Å². The quantitative estimate of drug-likeness (QED) is 0.879. The van der Waals surface area contributed by atoms with Gasteiger partial charge in [-0.15, -0.1) is 10.2 Å². The average molecular weight is 248 g/mol. The van der Waals surface area contributed by atoms with Crippen LogP contribution in [0.1, 0.15) is 18.3 Å². The molecule has 90 valence electrons. The van der Waals surface area contributed by atoms with Crippen molar-refractivity contribution in [2.45, 2.75) is 12.5 Å². The maximum atomic E-state index is 6.13. The van der Waals surface area contributed by atoms with Gasteiger partial charge in [-0.2, -0.15) is 11.8 Å². The topological polar surface area (TPSA) is 56.7 Å². The molecule has 4 nitrogen and oxygen atoms in total. The molecule has 0 amide bonds. The van der Waals surface area contributed by atoms with Crippen LogP contribution in [0, 0.1) is 0 Å². The number of hydrogen-bond donors (Lipinski definition) is 1. The average Bonchev–Trinajstić information content (AvgIpc) is 2.86. The first-order valence-electron chi connectivity index (χ1n) is 5.53. The van der Waals surface area contributed by atoms with Crippen LogP contribution in [-0.2, 0) is 0 Å². The molecule has 0 fully saturated rings. The van der Waals surface area contributed by atoms with E-state index in [1.807, 2.05) is 34.9 Å². The van der Waals surface area contributed by atoms with Gasteiger partial charge in [0.2, 0.25) is 0 Å². The summed E-state index contributed by atoms with van der Waals surface area (Å²) in [6, 6.07) is 9.95. The molecule has 1 aromatic heterocycles. The van der Waals surface area contributed by atoms with Crippen molar-refractivity contribution in [2.75, 3.05) is 12.0 Å². The standard InChI is InChI=1S/C12H16N4S/c1-17-8-7-11(13)12-15-14-9-16(12)10-5-3-2-4-6-10/h2-6,9,11H,7-8,13H2,1H3. The van der Waals surface area contributed by atoms with Crippen molar-refractivity contribution in [3.8, 4) is 5.69 Å². The van der Waals surface area contributed by atoms with Gasteiger partial charge in [0, 0.05) is 5.69 Å². The molecular weight excluding hydrogens is 232 g/mol. The normalized spacial score (nSPS) is 12.6. The van der Waals surface area contributed by atoms with Crippen molar-refractivity contribution in [3.63, 3.8) is 0 Å². The van der Waals surface area contributed by atoms with Gasteiger partial charge in [0.25, 0.3) is 0 Å². The molecule has 2 N–H and O–H groups in total. The van der Waals surface area contributed by atoms with Crippen LogP contribution in [0.5, 0.6) is 0 Å². The largest absolute Gasteiger partial charge is 0.321 e. The van der Waals surface area contributed by atoms with Crippen molar-refractivity contribution >= 4 is 11.8 Å². The number of aromatic nitrogens is 3. The zero-order chi connectivity index (χ0) is 12.1. The number of nitrogens with two attached hydrogens (primary N) is 1. The molecule has 5 heteroatoms. The van der Waals surface area contributed by atoms with Crippen LogP contribution in [0.25, 0.3) is 5.69 Å². The van der Waals surface area contributed by atoms with Crippen molar-refractivity contribution in [1.29, 1.82) is 0 Å². The number of rotatable bonds is 5. The van der Waals surface area contributed by atoms with Crippen molar-refractivity contribution in [1.82, 2.24) is 14.8 Å². The summed E-state index contributed by atoms with van der Waals surface area (Å²) in [5.74, 6) is 1.85. The van der Waals surface area contributed by atoms with Gasteiger partial charge in [-0.1, -0.05) is 18.2 Å². The number of nitrogens with zero attached hydrogens (tertiary/aromatic N) is 3. The van der Waals surface area contributed by atoms with Crippen molar-refractivity contribution < 1.29 is 0 Å². The molecule has 1 atom stereocenters. The van der Waals surface area contributed by atoms with E-state index in [9.17, 15) is 0 Å². The van der Waals surface area contributed by atoms with Crippen LogP contribution >= 0.6 is 11.8 Å². The molecule has 0 aliphatic carbocycles. The van der Waals surface area contributed by atoms with E-state index >= 15 is 0 Å². The van der Waals surface area contributed by atoms with Gasteiger partial charge in [0.15, 0.2) is 5.82 Å². The van der Waals surface area contributed by atoms with Gasteiger partial charge in [0.05, 0.1) is 6.04 Å². The van der Waals surface area contributed by atoms with E-state index in [2.05, 4.69) is 16.5 Å². The lowest BCUT2D eigenvalue weighted by Crippen LogP contribution is -2.16. The van der Waals surface area contributed by atoms with Gasteiger partial charge in [0.1, 0.15) is 6.33 Å². The molecule has 2 rings (SSSR count). The Bertz CT molecular complexity index is 455. The highest BCUT2D eigenvalue weighted by Crippen LogP contribution is 2.17. The smallest absolute Gasteiger partial charge is 0.154 e. The fourth-order valence-corrected chi connectivity index (χ4v) is 2.15. The minimum Gasteiger partial charge on any atom is -0.321 e. The second-order valence-electron chi connectivity index (χ2n) is 3.78. The summed E-state index contributed by atoms with van der Waals surface area (Å²) < 4.78 is 1.95. The summed E-state index contributed by atoms with van der Waals surface area (Å²) >= 11 is 1.79. The minimum absolute atomic E-state index is 0.0647. The zero-order valence-corrected chi connectivity index (χ0v) is 10.6. The van der Waals surface area contributed by atoms with Crippen LogP contribution in [0.15, 0.2) is 36.7 Å². The first kappa shape index (κ1) is 12.1. The summed E-state index contributed by atoms with van der Waals surface area (Å²) in [6.07, 6.45) is 4.70. The Kier molecular flexibility index (Phi) is 4.17. The molecule has 1 heterocycles. The first-order valence-corrected chi connectivity index (χ1v) is 6.92. The van der Waals surface area contributed by atoms with Crippen molar-refractivity contribution in [3.05, 3.63) is 42.5 Å². The first-order chi connectivity index (χ1) is 8.33. The van der Waals surface area contributed by atoms with Crippen LogP contribution in [0.4, 0.5) is 0 Å². The van der Waals surface area contributed by atoms with Crippen LogP contribution in [0.2, 0.25) is 0 Å². The molecule has 2 aromatic rings. The summed E-state index contributed by atoms with van der Waals surface area (Å²) in [6.45, 7) is 0. The third-order valence-electron chi connectivity index (χ3n) is 2.57. The maximum absolute atomic E-state index is 6.13. The summed E-state index contributed by atoms with van der Waals surface area (Å²) in [7, 11) is 0. The van der Waals surface area contributed by atoms with Gasteiger partial charge in [-0.25, -0.2) is 0 Å². The van der Waals surface area contributed by atoms with E-state index in [4.69, 9.17) is 5.73 Å². The highest BCUT2D eigenvalue weighted by molar-refractivity contribution is 7.98. The predicted octanol–water partition coefficient (Wildman–Crippen LogP) is 2.02. The highest BCUT2D eigenvalue weighted by Gasteiger charge is 2.13. The third kappa shape index (κ3) is 2.87. The predicted molar refractivity (Wildman–Crippen MR) is 71.3 cm³/mol. The fraction of sp³-hybridized carbons (Fsp3) is 0.333. The third-order valence-corrected chi connectivity index (χ3v) is 3.22. The Hall–Kier alpha value is -1.33. The van der Waals surface area contributed by atoms with E-state index in [1.54, 1.807) is 18.1 Å². The van der Waals surface area contributed by atoms with Gasteiger partial charge in [-0.05, 0) is 30.6 Å². The van der Waals surface area contributed by atoms with E-state index in [1.165, 1.54) is 0 Å². The second-order valence-corrected chi connectivity index (χ2v) is 4.77. The van der Waals surface area contributed by atoms with Gasteiger partial charge in [-0.3, -0.25) is 4.57 Å². The molecule has 0 saturated heterocycles. The monoisotopic (exact) mass is 248 g/mol. The molecule has 17 heavy (non-hydrogen) atoms. The molecule has 0 aliphatic rings. The minimum atomic E-state index is -0.0647. The zero-order valence-electron chi connectivity index (χ0n) is 9.78. The lowest BCUT2D eigenvalue weighted by molar-refractivity contribution is 0.638. The van der Waals surface area contributed by atoms with Gasteiger partial charge < -0.3 is 5.73 Å². The molecule has 0 aliphatic heterocycles. The lowest BCUT2D eigenvalue weighted by atomic mass is 10.2. The SMILES string of the molecule is CSCCC(N)c1nncn1-c1ccccc1. The number of hydrogen-bond acceptors (Lipinski definition) is 4. The number of para-hydroxylation sites is 1. The van der Waals surface area contributed by atoms with Crippen molar-refractivity contribution in [2.24, 2.45) is 5.73 Å². The lowest BCUT2D eigenvalue weighted by Gasteiger charge is -2.12. The van der Waals surface area contributed by atoms with Crippen LogP contribution in [-0.4, -0.2) is 26.8 Å². The highest BCUT2D eigenvalue weighted by atomic mass is 32.2. The molecular formula is C12H16N4S. The van der Waals surface area contributed by atoms with Crippen LogP contribution in [0.3, 0.4) is 0 Å². The number of thioether (sulfide) groups is 1. The number of benzene rings is 1. The van der Waals surface area contributed by atoms with E-state index in [-0.39, 0.29) is 6.04 Å². The molecule has 1 unspecified atom stereocenters. The summed E-state index contributed by atoms with van der Waals surface area (Å²) in [4.78, 5) is 0. The van der Waals surface area contributed by atoms with E-state index in [0.29, 0.717) is 0 Å². The van der Waals surface area contributed by atoms with E-state index in [0.717, 1.165) is 23.7 Å². The summed E-state index contributed by atoms with van der Waals surface area (Å²) in [5.41, 5.74) is 7.18. The maximum Gasteiger partial charge on any atom is 0.154 e. The van der Waals surface area contributed by atoms with Crippen LogP contribution < -0.4 is 5.73 Å². The Morgan fingerprint density at radius 2 is 2.12 bits per heavy atom. The Morgan fingerprint density at radius 3 is 2.82 bits per heavy atom. The Balaban J connectivity index is 2.23. The molecule has 0 radical (unpaired) electrons. The molecule has 0 bridgehead atoms. The Morgan fingerprint density at radius 1 is 1.35 bits per heavy atom. The molecule has 1 aromatic carbocycles. The second kappa shape index (κ2) is 5.84. The van der Waals surface area contributed by atoms with Gasteiger partial charge >= 0.3 is 0 Å². The fourth-order valence-electron chi connectivity index (χ4n) is 1.66. The van der Waals surface area contributed by atoms with E-state index < -0.39 is 0 Å².